The minimum Gasteiger partial charge on any atom is -0.397 e. The van der Waals surface area contributed by atoms with Gasteiger partial charge < -0.3 is 11.1 Å². The third kappa shape index (κ3) is 3.57. The van der Waals surface area contributed by atoms with E-state index in [1.807, 2.05) is 0 Å². The van der Waals surface area contributed by atoms with E-state index in [-0.39, 0.29) is 15.9 Å². The zero-order chi connectivity index (χ0) is 15.1. The average molecular weight is 299 g/mol. The fourth-order valence-electron chi connectivity index (χ4n) is 3.86. The number of halogens is 2. The van der Waals surface area contributed by atoms with Crippen LogP contribution in [0, 0.1) is 16.6 Å². The van der Waals surface area contributed by atoms with Crippen molar-refractivity contribution in [3.05, 3.63) is 23.0 Å². The van der Waals surface area contributed by atoms with Gasteiger partial charge >= 0.3 is 0 Å². The van der Waals surface area contributed by atoms with Gasteiger partial charge in [-0.25, -0.2) is 4.39 Å². The van der Waals surface area contributed by atoms with Gasteiger partial charge in [0.1, 0.15) is 5.82 Å². The van der Waals surface area contributed by atoms with Gasteiger partial charge in [0, 0.05) is 12.1 Å². The molecule has 1 aromatic rings. The van der Waals surface area contributed by atoms with Crippen LogP contribution in [0.5, 0.6) is 0 Å². The third-order valence-corrected chi connectivity index (χ3v) is 4.30. The molecule has 20 heavy (non-hydrogen) atoms. The fourth-order valence-corrected chi connectivity index (χ4v) is 4.03. The van der Waals surface area contributed by atoms with Crippen molar-refractivity contribution in [1.29, 1.82) is 0 Å². The summed E-state index contributed by atoms with van der Waals surface area (Å²) in [5, 5.41) is 3.47. The molecule has 1 aromatic carbocycles. The fraction of sp³-hybridized carbons (Fsp3) is 0.625. The monoisotopic (exact) mass is 298 g/mol. The number of benzene rings is 1. The summed E-state index contributed by atoms with van der Waals surface area (Å²) >= 11 is 5.74. The summed E-state index contributed by atoms with van der Waals surface area (Å²) in [5.74, 6) is -0.433. The Labute approximate surface area is 125 Å². The number of nitrogens with one attached hydrogen (secondary N) is 1. The molecule has 1 fully saturated rings. The van der Waals surface area contributed by atoms with E-state index in [9.17, 15) is 4.39 Å². The molecule has 0 amide bonds. The molecule has 0 saturated heterocycles. The maximum atomic E-state index is 13.6. The van der Waals surface area contributed by atoms with Crippen LogP contribution in [0.2, 0.25) is 5.02 Å². The molecule has 1 saturated carbocycles. The second-order valence-corrected chi connectivity index (χ2v) is 8.02. The van der Waals surface area contributed by atoms with Crippen LogP contribution in [0.15, 0.2) is 12.1 Å². The Hall–Kier alpha value is -0.960. The van der Waals surface area contributed by atoms with Gasteiger partial charge in [0.15, 0.2) is 0 Å². The van der Waals surface area contributed by atoms with Crippen LogP contribution in [-0.2, 0) is 0 Å². The lowest BCUT2D eigenvalue weighted by molar-refractivity contribution is 0.105. The van der Waals surface area contributed by atoms with Crippen molar-refractivity contribution in [3.63, 3.8) is 0 Å². The Bertz CT molecular complexity index is 495. The van der Waals surface area contributed by atoms with E-state index in [0.717, 1.165) is 12.8 Å². The van der Waals surface area contributed by atoms with Crippen LogP contribution in [0.1, 0.15) is 47.0 Å². The summed E-state index contributed by atoms with van der Waals surface area (Å²) in [6, 6.07) is 3.17. The first-order chi connectivity index (χ1) is 9.08. The highest BCUT2D eigenvalue weighted by Gasteiger charge is 2.38. The average Bonchev–Trinajstić information content (AvgIpc) is 2.21. The first-order valence-corrected chi connectivity index (χ1v) is 7.47. The molecule has 0 radical (unpaired) electrons. The van der Waals surface area contributed by atoms with Crippen LogP contribution in [0.4, 0.5) is 15.8 Å². The van der Waals surface area contributed by atoms with Crippen molar-refractivity contribution < 1.29 is 4.39 Å². The molecule has 0 unspecified atom stereocenters. The summed E-state index contributed by atoms with van der Waals surface area (Å²) in [4.78, 5) is 0. The first kappa shape index (κ1) is 15.4. The normalized spacial score (nSPS) is 21.7. The summed E-state index contributed by atoms with van der Waals surface area (Å²) in [6.07, 6.45) is 3.31. The van der Waals surface area contributed by atoms with Gasteiger partial charge in [0.2, 0.25) is 0 Å². The van der Waals surface area contributed by atoms with Gasteiger partial charge in [-0.2, -0.15) is 0 Å². The quantitative estimate of drug-likeness (QED) is 0.747. The molecule has 4 heteroatoms. The number of hydrogen-bond donors (Lipinski definition) is 2. The molecule has 1 aliphatic rings. The van der Waals surface area contributed by atoms with Crippen LogP contribution < -0.4 is 11.1 Å². The van der Waals surface area contributed by atoms with Crippen LogP contribution >= 0.6 is 11.6 Å². The van der Waals surface area contributed by atoms with Crippen molar-refractivity contribution in [3.8, 4) is 0 Å². The highest BCUT2D eigenvalue weighted by Crippen LogP contribution is 2.46. The molecule has 0 aromatic heterocycles. The standard InChI is InChI=1S/C16H24ClFN2/c1-15(2)7-10(8-16(3,4)9-15)20-14-6-12(18)11(17)5-13(14)19/h5-6,10,20H,7-9,19H2,1-4H3. The van der Waals surface area contributed by atoms with Crippen LogP contribution in [0.25, 0.3) is 0 Å². The maximum absolute atomic E-state index is 13.6. The van der Waals surface area contributed by atoms with E-state index < -0.39 is 5.82 Å². The van der Waals surface area contributed by atoms with E-state index >= 15 is 0 Å². The molecule has 0 atom stereocenters. The highest BCUT2D eigenvalue weighted by atomic mass is 35.5. The van der Waals surface area contributed by atoms with Gasteiger partial charge in [-0.15, -0.1) is 0 Å². The number of hydrogen-bond acceptors (Lipinski definition) is 2. The molecular weight excluding hydrogens is 275 g/mol. The Morgan fingerprint density at radius 2 is 1.75 bits per heavy atom. The molecule has 0 heterocycles. The Morgan fingerprint density at radius 3 is 2.30 bits per heavy atom. The van der Waals surface area contributed by atoms with Gasteiger partial charge in [0.05, 0.1) is 16.4 Å². The number of nitrogen functional groups attached to an aromatic ring is 1. The molecular formula is C16H24ClFN2. The van der Waals surface area contributed by atoms with E-state index in [2.05, 4.69) is 33.0 Å². The Kier molecular flexibility index (Phi) is 3.94. The lowest BCUT2D eigenvalue weighted by atomic mass is 9.63. The third-order valence-electron chi connectivity index (χ3n) is 4.01. The SMILES string of the molecule is CC1(C)CC(Nc2cc(F)c(Cl)cc2N)CC(C)(C)C1. The Balaban J connectivity index is 2.19. The zero-order valence-electron chi connectivity index (χ0n) is 12.7. The van der Waals surface area contributed by atoms with E-state index in [0.29, 0.717) is 17.4 Å². The van der Waals surface area contributed by atoms with Gasteiger partial charge in [-0.3, -0.25) is 0 Å². The molecule has 1 aliphatic carbocycles. The summed E-state index contributed by atoms with van der Waals surface area (Å²) in [5.41, 5.74) is 7.62. The molecule has 2 nitrogen and oxygen atoms in total. The number of anilines is 2. The summed E-state index contributed by atoms with van der Waals surface area (Å²) < 4.78 is 13.6. The van der Waals surface area contributed by atoms with Crippen molar-refractivity contribution in [2.24, 2.45) is 10.8 Å². The van der Waals surface area contributed by atoms with Gasteiger partial charge in [0.25, 0.3) is 0 Å². The molecule has 2 rings (SSSR count). The van der Waals surface area contributed by atoms with Gasteiger partial charge in [-0.1, -0.05) is 39.3 Å². The minimum atomic E-state index is -0.433. The largest absolute Gasteiger partial charge is 0.397 e. The molecule has 112 valence electrons. The minimum absolute atomic E-state index is 0.0670. The van der Waals surface area contributed by atoms with Crippen molar-refractivity contribution >= 4 is 23.0 Å². The van der Waals surface area contributed by atoms with Crippen molar-refractivity contribution in [2.75, 3.05) is 11.1 Å². The molecule has 0 spiro atoms. The van der Waals surface area contributed by atoms with Crippen LogP contribution in [-0.4, -0.2) is 6.04 Å². The van der Waals surface area contributed by atoms with E-state index in [1.165, 1.54) is 18.6 Å². The predicted octanol–water partition coefficient (Wildman–Crippen LogP) is 5.08. The molecule has 0 aliphatic heterocycles. The first-order valence-electron chi connectivity index (χ1n) is 7.09. The lowest BCUT2D eigenvalue weighted by Gasteiger charge is -2.45. The van der Waals surface area contributed by atoms with Crippen LogP contribution in [0.3, 0.4) is 0 Å². The highest BCUT2D eigenvalue weighted by molar-refractivity contribution is 6.31. The predicted molar refractivity (Wildman–Crippen MR) is 84.6 cm³/mol. The van der Waals surface area contributed by atoms with Gasteiger partial charge in [-0.05, 0) is 36.2 Å². The van der Waals surface area contributed by atoms with Crippen molar-refractivity contribution in [2.45, 2.75) is 53.0 Å². The Morgan fingerprint density at radius 1 is 1.20 bits per heavy atom. The summed E-state index contributed by atoms with van der Waals surface area (Å²) in [6.45, 7) is 9.14. The number of nitrogens with two attached hydrogens (primary N) is 1. The number of rotatable bonds is 2. The lowest BCUT2D eigenvalue weighted by Crippen LogP contribution is -2.40. The molecule has 0 bridgehead atoms. The summed E-state index contributed by atoms with van der Waals surface area (Å²) in [7, 11) is 0. The second kappa shape index (κ2) is 5.10. The zero-order valence-corrected chi connectivity index (χ0v) is 13.4. The van der Waals surface area contributed by atoms with Crippen molar-refractivity contribution in [1.82, 2.24) is 0 Å². The van der Waals surface area contributed by atoms with E-state index in [4.69, 9.17) is 17.3 Å². The second-order valence-electron chi connectivity index (χ2n) is 7.61. The van der Waals surface area contributed by atoms with E-state index in [1.54, 1.807) is 0 Å². The molecule has 3 N–H and O–H groups in total. The smallest absolute Gasteiger partial charge is 0.143 e. The maximum Gasteiger partial charge on any atom is 0.143 e. The topological polar surface area (TPSA) is 38.0 Å².